The predicted octanol–water partition coefficient (Wildman–Crippen LogP) is -2.25. The number of nitrogens with two attached hydrogens (primary N) is 1. The zero-order chi connectivity index (χ0) is 14.9. The number of carbonyl (C=O) groups is 2. The van der Waals surface area contributed by atoms with Crippen LogP contribution in [0.1, 0.15) is 10.5 Å². The molecule has 10 heteroatoms. The summed E-state index contributed by atoms with van der Waals surface area (Å²) < 4.78 is 27.2. The van der Waals surface area contributed by atoms with E-state index in [9.17, 15) is 18.0 Å². The van der Waals surface area contributed by atoms with E-state index >= 15 is 0 Å². The molecule has 1 fully saturated rings. The van der Waals surface area contributed by atoms with Gasteiger partial charge in [0.15, 0.2) is 0 Å². The fourth-order valence-corrected chi connectivity index (χ4v) is 3.41. The number of sulfonamides is 1. The molecule has 0 atom stereocenters. The van der Waals surface area contributed by atoms with E-state index in [2.05, 4.69) is 5.32 Å². The normalized spacial score (nSPS) is 16.8. The molecule has 0 bridgehead atoms. The van der Waals surface area contributed by atoms with Gasteiger partial charge in [0, 0.05) is 26.3 Å². The fourth-order valence-electron chi connectivity index (χ4n) is 1.94. The summed E-state index contributed by atoms with van der Waals surface area (Å²) in [6.45, 7) is 0.234. The lowest BCUT2D eigenvalue weighted by Gasteiger charge is -2.25. The van der Waals surface area contributed by atoms with Gasteiger partial charge in [-0.15, -0.1) is 0 Å². The molecule has 0 spiro atoms. The maximum Gasteiger partial charge on any atom is 0.281 e. The Hall–Kier alpha value is -1.91. The van der Waals surface area contributed by atoms with Crippen LogP contribution in [0.5, 0.6) is 0 Å². The van der Waals surface area contributed by atoms with Crippen LogP contribution in [0.2, 0.25) is 0 Å². The van der Waals surface area contributed by atoms with Crippen LogP contribution in [0.4, 0.5) is 0 Å². The van der Waals surface area contributed by atoms with Gasteiger partial charge in [0.2, 0.25) is 15.9 Å². The molecule has 1 saturated heterocycles. The molecule has 0 aromatic carbocycles. The van der Waals surface area contributed by atoms with Gasteiger partial charge in [-0.3, -0.25) is 15.0 Å². The van der Waals surface area contributed by atoms with Crippen molar-refractivity contribution in [3.05, 3.63) is 18.0 Å². The van der Waals surface area contributed by atoms with Crippen LogP contribution in [0, 0.1) is 0 Å². The Bertz CT molecular complexity index is 651. The van der Waals surface area contributed by atoms with Crippen LogP contribution in [-0.2, 0) is 21.9 Å². The minimum atomic E-state index is -3.81. The standard InChI is InChI=1S/C10H15N5O4S/c1-14-5-7(4-8(14)10(17)13-11)20(18,19)15-3-2-12-9(16)6-15/h4-5H,2-3,6,11H2,1H3,(H,12,16)(H,13,17). The molecule has 4 N–H and O–H groups in total. The summed E-state index contributed by atoms with van der Waals surface area (Å²) in [7, 11) is -2.27. The van der Waals surface area contributed by atoms with Gasteiger partial charge in [0.05, 0.1) is 6.54 Å². The first-order chi connectivity index (χ1) is 9.36. The second-order valence-electron chi connectivity index (χ2n) is 4.33. The van der Waals surface area contributed by atoms with Gasteiger partial charge >= 0.3 is 0 Å². The minimum absolute atomic E-state index is 0.0479. The molecule has 0 saturated carbocycles. The highest BCUT2D eigenvalue weighted by Gasteiger charge is 2.30. The highest BCUT2D eigenvalue weighted by Crippen LogP contribution is 2.19. The topological polar surface area (TPSA) is 127 Å². The van der Waals surface area contributed by atoms with E-state index in [0.717, 1.165) is 4.31 Å². The molecule has 0 radical (unpaired) electrons. The van der Waals surface area contributed by atoms with Crippen LogP contribution in [-0.4, -0.2) is 48.7 Å². The Morgan fingerprint density at radius 2 is 2.20 bits per heavy atom. The third-order valence-electron chi connectivity index (χ3n) is 2.98. The number of amides is 2. The zero-order valence-electron chi connectivity index (χ0n) is 10.8. The molecule has 1 aliphatic rings. The average molecular weight is 301 g/mol. The lowest BCUT2D eigenvalue weighted by molar-refractivity contribution is -0.122. The quantitative estimate of drug-likeness (QED) is 0.330. The molecular formula is C10H15N5O4S. The Morgan fingerprint density at radius 1 is 1.50 bits per heavy atom. The smallest absolute Gasteiger partial charge is 0.281 e. The summed E-state index contributed by atoms with van der Waals surface area (Å²) in [5.41, 5.74) is 2.06. The molecule has 20 heavy (non-hydrogen) atoms. The van der Waals surface area contributed by atoms with Crippen molar-refractivity contribution in [1.82, 2.24) is 19.6 Å². The van der Waals surface area contributed by atoms with E-state index in [0.29, 0.717) is 0 Å². The van der Waals surface area contributed by atoms with Crippen molar-refractivity contribution in [2.45, 2.75) is 4.90 Å². The van der Waals surface area contributed by atoms with Gasteiger partial charge in [-0.1, -0.05) is 0 Å². The third kappa shape index (κ3) is 2.53. The average Bonchev–Trinajstić information content (AvgIpc) is 2.80. The maximum absolute atomic E-state index is 12.4. The first-order valence-electron chi connectivity index (χ1n) is 5.80. The molecule has 1 aromatic heterocycles. The van der Waals surface area contributed by atoms with Crippen LogP contribution in [0.3, 0.4) is 0 Å². The largest absolute Gasteiger partial charge is 0.354 e. The summed E-state index contributed by atoms with van der Waals surface area (Å²) in [5.74, 6) is 4.08. The van der Waals surface area contributed by atoms with Gasteiger partial charge in [-0.25, -0.2) is 14.3 Å². The number of aromatic nitrogens is 1. The van der Waals surface area contributed by atoms with Crippen LogP contribution in [0.15, 0.2) is 17.2 Å². The van der Waals surface area contributed by atoms with E-state index in [1.807, 2.05) is 5.43 Å². The number of carbonyl (C=O) groups excluding carboxylic acids is 2. The molecule has 110 valence electrons. The number of piperazine rings is 1. The summed E-state index contributed by atoms with van der Waals surface area (Å²) in [6, 6.07) is 1.23. The number of hydrogen-bond acceptors (Lipinski definition) is 5. The van der Waals surface area contributed by atoms with Crippen LogP contribution >= 0.6 is 0 Å². The Labute approximate surface area is 115 Å². The number of aryl methyl sites for hydroxylation is 1. The fraction of sp³-hybridized carbons (Fsp3) is 0.400. The van der Waals surface area contributed by atoms with Gasteiger partial charge in [0.25, 0.3) is 5.91 Å². The van der Waals surface area contributed by atoms with Crippen molar-refractivity contribution in [2.75, 3.05) is 19.6 Å². The van der Waals surface area contributed by atoms with Gasteiger partial charge in [-0.05, 0) is 6.07 Å². The summed E-state index contributed by atoms with van der Waals surface area (Å²) in [4.78, 5) is 22.7. The SMILES string of the molecule is Cn1cc(S(=O)(=O)N2CCNC(=O)C2)cc1C(=O)NN. The minimum Gasteiger partial charge on any atom is -0.354 e. The van der Waals surface area contributed by atoms with Crippen LogP contribution < -0.4 is 16.6 Å². The third-order valence-corrected chi connectivity index (χ3v) is 4.80. The first-order valence-corrected chi connectivity index (χ1v) is 7.24. The molecule has 0 aliphatic carbocycles. The monoisotopic (exact) mass is 301 g/mol. The maximum atomic E-state index is 12.4. The zero-order valence-corrected chi connectivity index (χ0v) is 11.6. The molecule has 1 aromatic rings. The van der Waals surface area contributed by atoms with Gasteiger partial charge in [-0.2, -0.15) is 4.31 Å². The Kier molecular flexibility index (Phi) is 3.79. The molecular weight excluding hydrogens is 286 g/mol. The van der Waals surface area contributed by atoms with Gasteiger partial charge < -0.3 is 9.88 Å². The van der Waals surface area contributed by atoms with E-state index in [4.69, 9.17) is 5.84 Å². The van der Waals surface area contributed by atoms with E-state index in [1.165, 1.54) is 23.9 Å². The number of hydrazine groups is 1. The number of hydrogen-bond donors (Lipinski definition) is 3. The lowest BCUT2D eigenvalue weighted by Crippen LogP contribution is -2.49. The molecule has 2 heterocycles. The molecule has 1 aliphatic heterocycles. The molecule has 2 amide bonds. The highest BCUT2D eigenvalue weighted by molar-refractivity contribution is 7.89. The summed E-state index contributed by atoms with van der Waals surface area (Å²) >= 11 is 0. The summed E-state index contributed by atoms with van der Waals surface area (Å²) in [5, 5.41) is 2.55. The lowest BCUT2D eigenvalue weighted by atomic mass is 10.4. The second kappa shape index (κ2) is 5.23. The number of nitrogens with zero attached hydrogens (tertiary/aromatic N) is 2. The number of nitrogen functional groups attached to an aromatic ring is 1. The van der Waals surface area contributed by atoms with E-state index < -0.39 is 15.9 Å². The van der Waals surface area contributed by atoms with Gasteiger partial charge in [0.1, 0.15) is 10.6 Å². The highest BCUT2D eigenvalue weighted by atomic mass is 32.2. The van der Waals surface area contributed by atoms with Crippen molar-refractivity contribution in [2.24, 2.45) is 12.9 Å². The molecule has 0 unspecified atom stereocenters. The van der Waals surface area contributed by atoms with E-state index in [-0.39, 0.29) is 36.1 Å². The van der Waals surface area contributed by atoms with Crippen molar-refractivity contribution in [1.29, 1.82) is 0 Å². The Morgan fingerprint density at radius 3 is 2.80 bits per heavy atom. The van der Waals surface area contributed by atoms with Crippen molar-refractivity contribution in [3.8, 4) is 0 Å². The number of nitrogens with one attached hydrogen (secondary N) is 2. The van der Waals surface area contributed by atoms with E-state index in [1.54, 1.807) is 0 Å². The Balaban J connectivity index is 2.35. The van der Waals surface area contributed by atoms with Crippen molar-refractivity contribution < 1.29 is 18.0 Å². The molecule has 9 nitrogen and oxygen atoms in total. The second-order valence-corrected chi connectivity index (χ2v) is 6.27. The van der Waals surface area contributed by atoms with Crippen LogP contribution in [0.25, 0.3) is 0 Å². The first kappa shape index (κ1) is 14.5. The predicted molar refractivity (Wildman–Crippen MR) is 68.8 cm³/mol. The molecule has 2 rings (SSSR count). The van der Waals surface area contributed by atoms with Crippen molar-refractivity contribution >= 4 is 21.8 Å². The number of rotatable bonds is 3. The van der Waals surface area contributed by atoms with Crippen molar-refractivity contribution in [3.63, 3.8) is 0 Å². The summed E-state index contributed by atoms with van der Waals surface area (Å²) in [6.07, 6.45) is 1.31.